The van der Waals surface area contributed by atoms with E-state index in [9.17, 15) is 4.39 Å². The van der Waals surface area contributed by atoms with E-state index in [0.29, 0.717) is 10.9 Å². The van der Waals surface area contributed by atoms with Crippen molar-refractivity contribution in [2.45, 2.75) is 19.4 Å². The summed E-state index contributed by atoms with van der Waals surface area (Å²) in [6, 6.07) is 4.67. The van der Waals surface area contributed by atoms with Crippen LogP contribution in [-0.4, -0.2) is 4.98 Å². The van der Waals surface area contributed by atoms with Crippen molar-refractivity contribution >= 4 is 27.3 Å². The van der Waals surface area contributed by atoms with Gasteiger partial charge in [-0.1, -0.05) is 12.1 Å². The molecule has 1 atom stereocenters. The van der Waals surface area contributed by atoms with Gasteiger partial charge in [0.15, 0.2) is 0 Å². The second-order valence-electron chi connectivity index (χ2n) is 3.84. The lowest BCUT2D eigenvalue weighted by Gasteiger charge is -2.12. The largest absolute Gasteiger partial charge is 0.324 e. The Hall–Kier alpha value is -0.780. The van der Waals surface area contributed by atoms with Gasteiger partial charge in [0.2, 0.25) is 0 Å². The monoisotopic (exact) mass is 314 g/mol. The molecule has 0 saturated heterocycles. The molecule has 0 aliphatic carbocycles. The molecule has 5 heteroatoms. The first-order valence-corrected chi connectivity index (χ1v) is 6.85. The van der Waals surface area contributed by atoms with Gasteiger partial charge >= 0.3 is 0 Å². The number of rotatable bonds is 3. The van der Waals surface area contributed by atoms with Crippen molar-refractivity contribution in [3.05, 3.63) is 50.1 Å². The Morgan fingerprint density at radius 2 is 2.29 bits per heavy atom. The van der Waals surface area contributed by atoms with Gasteiger partial charge in [0.25, 0.3) is 0 Å². The van der Waals surface area contributed by atoms with E-state index < -0.39 is 0 Å². The van der Waals surface area contributed by atoms with Crippen LogP contribution in [0.1, 0.15) is 22.3 Å². The number of hydrogen-bond donors (Lipinski definition) is 1. The van der Waals surface area contributed by atoms with Crippen molar-refractivity contribution in [2.24, 2.45) is 5.73 Å². The van der Waals surface area contributed by atoms with Gasteiger partial charge in [-0.15, -0.1) is 11.3 Å². The van der Waals surface area contributed by atoms with E-state index in [0.717, 1.165) is 16.3 Å². The van der Waals surface area contributed by atoms with Crippen molar-refractivity contribution < 1.29 is 4.39 Å². The third kappa shape index (κ3) is 2.91. The summed E-state index contributed by atoms with van der Waals surface area (Å²) in [5.74, 6) is -0.284. The van der Waals surface area contributed by atoms with Crippen molar-refractivity contribution in [3.8, 4) is 0 Å². The summed E-state index contributed by atoms with van der Waals surface area (Å²) in [4.78, 5) is 4.36. The molecule has 0 aliphatic heterocycles. The molecule has 90 valence electrons. The van der Waals surface area contributed by atoms with Gasteiger partial charge in [-0.05, 0) is 34.5 Å². The molecular weight excluding hydrogens is 303 g/mol. The number of aromatic nitrogens is 1. The highest BCUT2D eigenvalue weighted by molar-refractivity contribution is 9.10. The van der Waals surface area contributed by atoms with Gasteiger partial charge in [-0.2, -0.15) is 0 Å². The average molecular weight is 315 g/mol. The Bertz CT molecular complexity index is 527. The molecule has 0 spiro atoms. The molecule has 1 unspecified atom stereocenters. The first kappa shape index (κ1) is 12.7. The maximum atomic E-state index is 13.4. The molecule has 17 heavy (non-hydrogen) atoms. The van der Waals surface area contributed by atoms with Crippen molar-refractivity contribution in [1.29, 1.82) is 0 Å². The SMILES string of the molecule is Cc1csc(CC(N)c2cccc(F)c2Br)n1. The molecule has 1 aromatic carbocycles. The molecule has 0 amide bonds. The zero-order valence-corrected chi connectivity index (χ0v) is 11.7. The highest BCUT2D eigenvalue weighted by atomic mass is 79.9. The molecule has 0 fully saturated rings. The minimum absolute atomic E-state index is 0.245. The van der Waals surface area contributed by atoms with Crippen LogP contribution in [0.2, 0.25) is 0 Å². The van der Waals surface area contributed by atoms with Crippen LogP contribution in [0.3, 0.4) is 0 Å². The lowest BCUT2D eigenvalue weighted by atomic mass is 10.1. The number of thiazole rings is 1. The van der Waals surface area contributed by atoms with E-state index in [1.165, 1.54) is 6.07 Å². The number of hydrogen-bond acceptors (Lipinski definition) is 3. The number of nitrogens with two attached hydrogens (primary N) is 1. The maximum absolute atomic E-state index is 13.4. The Kier molecular flexibility index (Phi) is 3.91. The quantitative estimate of drug-likeness (QED) is 0.940. The molecule has 1 heterocycles. The Morgan fingerprint density at radius 3 is 2.94 bits per heavy atom. The van der Waals surface area contributed by atoms with Crippen LogP contribution in [0.25, 0.3) is 0 Å². The van der Waals surface area contributed by atoms with Crippen molar-refractivity contribution in [2.75, 3.05) is 0 Å². The van der Waals surface area contributed by atoms with Crippen LogP contribution in [0, 0.1) is 12.7 Å². The molecule has 2 aromatic rings. The van der Waals surface area contributed by atoms with Crippen LogP contribution < -0.4 is 5.73 Å². The summed E-state index contributed by atoms with van der Waals surface area (Å²) >= 11 is 4.81. The zero-order chi connectivity index (χ0) is 12.4. The third-order valence-electron chi connectivity index (χ3n) is 2.44. The fraction of sp³-hybridized carbons (Fsp3) is 0.250. The predicted molar refractivity (Wildman–Crippen MR) is 71.6 cm³/mol. The fourth-order valence-corrected chi connectivity index (χ4v) is 2.99. The van der Waals surface area contributed by atoms with E-state index in [2.05, 4.69) is 20.9 Å². The van der Waals surface area contributed by atoms with Gasteiger partial charge in [0, 0.05) is 23.5 Å². The smallest absolute Gasteiger partial charge is 0.137 e. The van der Waals surface area contributed by atoms with E-state index in [4.69, 9.17) is 5.73 Å². The van der Waals surface area contributed by atoms with Gasteiger partial charge < -0.3 is 5.73 Å². The van der Waals surface area contributed by atoms with Gasteiger partial charge in [0.05, 0.1) is 9.48 Å². The molecule has 0 saturated carbocycles. The second-order valence-corrected chi connectivity index (χ2v) is 5.57. The average Bonchev–Trinajstić information content (AvgIpc) is 2.68. The van der Waals surface area contributed by atoms with E-state index in [1.54, 1.807) is 17.4 Å². The van der Waals surface area contributed by atoms with E-state index >= 15 is 0 Å². The van der Waals surface area contributed by atoms with Crippen molar-refractivity contribution in [3.63, 3.8) is 0 Å². The lowest BCUT2D eigenvalue weighted by molar-refractivity contribution is 0.610. The van der Waals surface area contributed by atoms with Crippen LogP contribution in [-0.2, 0) is 6.42 Å². The van der Waals surface area contributed by atoms with E-state index in [-0.39, 0.29) is 11.9 Å². The first-order valence-electron chi connectivity index (χ1n) is 5.18. The first-order chi connectivity index (χ1) is 8.08. The minimum atomic E-state index is -0.284. The number of halogens is 2. The number of nitrogens with zero attached hydrogens (tertiary/aromatic N) is 1. The Balaban J connectivity index is 2.20. The van der Waals surface area contributed by atoms with Crippen LogP contribution >= 0.6 is 27.3 Å². The van der Waals surface area contributed by atoms with Crippen LogP contribution in [0.4, 0.5) is 4.39 Å². The third-order valence-corrected chi connectivity index (χ3v) is 4.27. The van der Waals surface area contributed by atoms with E-state index in [1.807, 2.05) is 18.4 Å². The molecule has 0 radical (unpaired) electrons. The van der Waals surface area contributed by atoms with Gasteiger partial charge in [-0.3, -0.25) is 0 Å². The van der Waals surface area contributed by atoms with Gasteiger partial charge in [-0.25, -0.2) is 9.37 Å². The lowest BCUT2D eigenvalue weighted by Crippen LogP contribution is -2.14. The molecule has 1 aromatic heterocycles. The van der Waals surface area contributed by atoms with Crippen LogP contribution in [0.15, 0.2) is 28.1 Å². The molecule has 2 N–H and O–H groups in total. The summed E-state index contributed by atoms with van der Waals surface area (Å²) < 4.78 is 13.8. The standard InChI is InChI=1S/C12H12BrFN2S/c1-7-6-17-11(16-7)5-10(15)8-3-2-4-9(14)12(8)13/h2-4,6,10H,5,15H2,1H3. The summed E-state index contributed by atoms with van der Waals surface area (Å²) in [5.41, 5.74) is 7.85. The summed E-state index contributed by atoms with van der Waals surface area (Å²) in [7, 11) is 0. The zero-order valence-electron chi connectivity index (χ0n) is 9.28. The highest BCUT2D eigenvalue weighted by Crippen LogP contribution is 2.27. The predicted octanol–water partition coefficient (Wildman–Crippen LogP) is 3.60. The number of aryl methyl sites for hydroxylation is 1. The molecule has 0 aliphatic rings. The molecule has 2 nitrogen and oxygen atoms in total. The summed E-state index contributed by atoms with van der Waals surface area (Å²) in [6.45, 7) is 1.95. The Labute approximate surface area is 112 Å². The maximum Gasteiger partial charge on any atom is 0.137 e. The summed E-state index contributed by atoms with van der Waals surface area (Å²) in [6.07, 6.45) is 0.626. The van der Waals surface area contributed by atoms with Crippen molar-refractivity contribution in [1.82, 2.24) is 4.98 Å². The minimum Gasteiger partial charge on any atom is -0.324 e. The molecular formula is C12H12BrFN2S. The Morgan fingerprint density at radius 1 is 1.53 bits per heavy atom. The van der Waals surface area contributed by atoms with Crippen LogP contribution in [0.5, 0.6) is 0 Å². The van der Waals surface area contributed by atoms with Gasteiger partial charge in [0.1, 0.15) is 5.82 Å². The summed E-state index contributed by atoms with van der Waals surface area (Å²) in [5, 5.41) is 2.97. The molecule has 2 rings (SSSR count). The fourth-order valence-electron chi connectivity index (χ4n) is 1.60. The topological polar surface area (TPSA) is 38.9 Å². The molecule has 0 bridgehead atoms. The second kappa shape index (κ2) is 5.25. The number of benzene rings is 1. The normalized spacial score (nSPS) is 12.7. The highest BCUT2D eigenvalue weighted by Gasteiger charge is 2.14.